The van der Waals surface area contributed by atoms with Crippen molar-refractivity contribution in [3.8, 4) is 0 Å². The first-order valence-electron chi connectivity index (χ1n) is 8.07. The van der Waals surface area contributed by atoms with Gasteiger partial charge in [0.15, 0.2) is 0 Å². The third-order valence-corrected chi connectivity index (χ3v) is 6.70. The highest BCUT2D eigenvalue weighted by Gasteiger charge is 2.20. The number of hydrazine groups is 1. The van der Waals surface area contributed by atoms with Crippen LogP contribution in [0.4, 0.5) is 4.39 Å². The van der Waals surface area contributed by atoms with Crippen molar-refractivity contribution in [1.29, 1.82) is 0 Å². The van der Waals surface area contributed by atoms with E-state index in [1.807, 2.05) is 10.9 Å². The lowest BCUT2D eigenvalue weighted by atomic mass is 10.1. The van der Waals surface area contributed by atoms with Gasteiger partial charge in [-0.05, 0) is 61.9 Å². The summed E-state index contributed by atoms with van der Waals surface area (Å²) >= 11 is 1.40. The lowest BCUT2D eigenvalue weighted by Crippen LogP contribution is -2.41. The molecule has 1 aliphatic carbocycles. The number of benzene rings is 1. The molecule has 0 bridgehead atoms. The van der Waals surface area contributed by atoms with Crippen LogP contribution in [-0.4, -0.2) is 14.3 Å². The Morgan fingerprint density at radius 1 is 1.16 bits per heavy atom. The van der Waals surface area contributed by atoms with Gasteiger partial charge in [0.05, 0.1) is 9.77 Å². The van der Waals surface area contributed by atoms with Gasteiger partial charge < -0.3 is 0 Å². The first-order chi connectivity index (χ1) is 11.9. The van der Waals surface area contributed by atoms with Crippen LogP contribution in [0.1, 0.15) is 44.9 Å². The molecule has 0 saturated carbocycles. The van der Waals surface area contributed by atoms with Gasteiger partial charge in [-0.1, -0.05) is 12.5 Å². The molecule has 0 spiro atoms. The molecular formula is C17H19FN2O3S2. The Morgan fingerprint density at radius 3 is 2.68 bits per heavy atom. The Hall–Kier alpha value is -1.77. The Kier molecular flexibility index (Phi) is 5.21. The Bertz CT molecular complexity index is 883. The molecule has 1 heterocycles. The molecule has 1 amide bonds. The van der Waals surface area contributed by atoms with E-state index in [9.17, 15) is 17.6 Å². The maximum atomic E-state index is 13.6. The normalized spacial score (nSPS) is 14.6. The van der Waals surface area contributed by atoms with Gasteiger partial charge in [-0.25, -0.2) is 12.8 Å². The van der Waals surface area contributed by atoms with Crippen LogP contribution in [0.3, 0.4) is 0 Å². The molecule has 0 radical (unpaired) electrons. The van der Waals surface area contributed by atoms with Crippen LogP contribution in [0.2, 0.25) is 0 Å². The number of carbonyl (C=O) groups excluding carboxylic acids is 1. The van der Waals surface area contributed by atoms with E-state index in [4.69, 9.17) is 0 Å². The number of rotatable bonds is 4. The fourth-order valence-electron chi connectivity index (χ4n) is 2.75. The second-order valence-electron chi connectivity index (χ2n) is 6.09. The summed E-state index contributed by atoms with van der Waals surface area (Å²) in [6.45, 7) is 1.54. The molecule has 1 aliphatic rings. The van der Waals surface area contributed by atoms with Crippen LogP contribution in [0, 0.1) is 12.7 Å². The van der Waals surface area contributed by atoms with E-state index in [2.05, 4.69) is 5.43 Å². The minimum absolute atomic E-state index is 0.238. The van der Waals surface area contributed by atoms with Crippen molar-refractivity contribution in [3.05, 3.63) is 51.0 Å². The molecule has 0 aliphatic heterocycles. The minimum atomic E-state index is -4.03. The highest BCUT2D eigenvalue weighted by atomic mass is 32.2. The maximum absolute atomic E-state index is 13.6. The Labute approximate surface area is 150 Å². The van der Waals surface area contributed by atoms with Crippen molar-refractivity contribution in [2.75, 3.05) is 0 Å². The quantitative estimate of drug-likeness (QED) is 0.630. The SMILES string of the molecule is Cc1ccc(S(=O)(=O)NNC(=O)c2cc3c(s2)CCCCC3)cc1F. The second-order valence-corrected chi connectivity index (χ2v) is 8.91. The van der Waals surface area contributed by atoms with Gasteiger partial charge in [-0.15, -0.1) is 16.2 Å². The fraction of sp³-hybridized carbons (Fsp3) is 0.353. The van der Waals surface area contributed by atoms with Gasteiger partial charge in [0.2, 0.25) is 0 Å². The van der Waals surface area contributed by atoms with Crippen LogP contribution in [0.5, 0.6) is 0 Å². The van der Waals surface area contributed by atoms with Crippen molar-refractivity contribution < 1.29 is 17.6 Å². The van der Waals surface area contributed by atoms with Crippen LogP contribution in [0.15, 0.2) is 29.2 Å². The number of fused-ring (bicyclic) bond motifs is 1. The van der Waals surface area contributed by atoms with E-state index in [-0.39, 0.29) is 4.90 Å². The summed E-state index contributed by atoms with van der Waals surface area (Å²) in [5.41, 5.74) is 3.73. The molecule has 0 fully saturated rings. The van der Waals surface area contributed by atoms with E-state index >= 15 is 0 Å². The van der Waals surface area contributed by atoms with Crippen LogP contribution in [0.25, 0.3) is 0 Å². The number of nitrogens with one attached hydrogen (secondary N) is 2. The Morgan fingerprint density at radius 2 is 1.92 bits per heavy atom. The predicted octanol–water partition coefficient (Wildman–Crippen LogP) is 3.09. The van der Waals surface area contributed by atoms with Gasteiger partial charge in [0.1, 0.15) is 5.82 Å². The van der Waals surface area contributed by atoms with Crippen LogP contribution in [-0.2, 0) is 22.9 Å². The number of sulfonamides is 1. The number of thiophene rings is 1. The standard InChI is InChI=1S/C17H19FN2O3S2/c1-11-7-8-13(10-14(11)18)25(22,23)20-19-17(21)16-9-12-5-3-2-4-6-15(12)24-16/h7-10,20H,2-6H2,1H3,(H,19,21). The maximum Gasteiger partial charge on any atom is 0.276 e. The van der Waals surface area contributed by atoms with E-state index in [0.717, 1.165) is 31.7 Å². The molecule has 1 aromatic heterocycles. The lowest BCUT2D eigenvalue weighted by Gasteiger charge is -2.08. The van der Waals surface area contributed by atoms with Gasteiger partial charge >= 0.3 is 0 Å². The summed E-state index contributed by atoms with van der Waals surface area (Å²) in [7, 11) is -4.03. The highest BCUT2D eigenvalue weighted by Crippen LogP contribution is 2.28. The largest absolute Gasteiger partial charge is 0.276 e. The fourth-order valence-corrected chi connectivity index (χ4v) is 4.75. The molecule has 25 heavy (non-hydrogen) atoms. The molecule has 0 atom stereocenters. The zero-order chi connectivity index (χ0) is 18.0. The molecule has 2 aromatic rings. The summed E-state index contributed by atoms with van der Waals surface area (Å²) in [6, 6.07) is 5.43. The lowest BCUT2D eigenvalue weighted by molar-refractivity contribution is 0.0949. The summed E-state index contributed by atoms with van der Waals surface area (Å²) < 4.78 is 37.9. The monoisotopic (exact) mass is 382 g/mol. The molecule has 1 aromatic carbocycles. The summed E-state index contributed by atoms with van der Waals surface area (Å²) in [5.74, 6) is -1.12. The van der Waals surface area contributed by atoms with Crippen LogP contribution >= 0.6 is 11.3 Å². The van der Waals surface area contributed by atoms with Gasteiger partial charge in [0.25, 0.3) is 15.9 Å². The van der Waals surface area contributed by atoms with E-state index in [0.29, 0.717) is 10.4 Å². The first-order valence-corrected chi connectivity index (χ1v) is 10.4. The number of amides is 1. The van der Waals surface area contributed by atoms with E-state index in [1.165, 1.54) is 40.3 Å². The summed E-state index contributed by atoms with van der Waals surface area (Å²) in [5, 5.41) is 0. The van der Waals surface area contributed by atoms with Crippen molar-refractivity contribution in [3.63, 3.8) is 0 Å². The number of carbonyl (C=O) groups is 1. The third kappa shape index (κ3) is 4.08. The third-order valence-electron chi connectivity index (χ3n) is 4.22. The number of aryl methyl sites for hydroxylation is 3. The molecule has 134 valence electrons. The van der Waals surface area contributed by atoms with Gasteiger partial charge in [-0.3, -0.25) is 10.2 Å². The van der Waals surface area contributed by atoms with Crippen molar-refractivity contribution >= 4 is 27.3 Å². The van der Waals surface area contributed by atoms with E-state index < -0.39 is 21.7 Å². The Balaban J connectivity index is 1.70. The summed E-state index contributed by atoms with van der Waals surface area (Å²) in [6.07, 6.45) is 5.32. The van der Waals surface area contributed by atoms with E-state index in [1.54, 1.807) is 6.92 Å². The zero-order valence-corrected chi connectivity index (χ0v) is 15.4. The smallest absolute Gasteiger partial charge is 0.273 e. The molecule has 5 nitrogen and oxygen atoms in total. The average Bonchev–Trinajstić information content (AvgIpc) is 2.86. The van der Waals surface area contributed by atoms with Crippen LogP contribution < -0.4 is 10.3 Å². The molecule has 3 rings (SSSR count). The number of hydrogen-bond acceptors (Lipinski definition) is 4. The number of halogens is 1. The van der Waals surface area contributed by atoms with Gasteiger partial charge in [-0.2, -0.15) is 0 Å². The molecular weight excluding hydrogens is 363 g/mol. The first kappa shape index (κ1) is 18.0. The topological polar surface area (TPSA) is 75.3 Å². The summed E-state index contributed by atoms with van der Waals surface area (Å²) in [4.78, 5) is 15.7. The zero-order valence-electron chi connectivity index (χ0n) is 13.8. The van der Waals surface area contributed by atoms with Crippen molar-refractivity contribution in [2.24, 2.45) is 0 Å². The van der Waals surface area contributed by atoms with Crippen molar-refractivity contribution in [2.45, 2.75) is 43.9 Å². The number of hydrogen-bond donors (Lipinski definition) is 2. The highest BCUT2D eigenvalue weighted by molar-refractivity contribution is 7.89. The molecule has 0 unspecified atom stereocenters. The van der Waals surface area contributed by atoms with Crippen molar-refractivity contribution in [1.82, 2.24) is 10.3 Å². The second kappa shape index (κ2) is 7.23. The molecule has 8 heteroatoms. The minimum Gasteiger partial charge on any atom is -0.273 e. The molecule has 2 N–H and O–H groups in total. The predicted molar refractivity (Wildman–Crippen MR) is 94.5 cm³/mol. The van der Waals surface area contributed by atoms with Gasteiger partial charge in [0, 0.05) is 4.88 Å². The average molecular weight is 382 g/mol. The molecule has 0 saturated heterocycles.